The lowest BCUT2D eigenvalue weighted by atomic mass is 10.1. The van der Waals surface area contributed by atoms with Crippen molar-refractivity contribution in [3.8, 4) is 0 Å². The first-order valence-corrected chi connectivity index (χ1v) is 5.42. The van der Waals surface area contributed by atoms with E-state index in [-0.39, 0.29) is 6.01 Å². The number of anilines is 2. The molecule has 86 valence electrons. The second kappa shape index (κ2) is 3.38. The van der Waals surface area contributed by atoms with Gasteiger partial charge in [-0.25, -0.2) is 0 Å². The molecule has 0 saturated carbocycles. The molecule has 0 aliphatic heterocycles. The van der Waals surface area contributed by atoms with Crippen molar-refractivity contribution in [1.82, 2.24) is 4.98 Å². The number of fused-ring (bicyclic) bond motifs is 3. The minimum atomic E-state index is 0.209. The summed E-state index contributed by atoms with van der Waals surface area (Å²) in [7, 11) is 4.01. The molecule has 0 aliphatic carbocycles. The fourth-order valence-corrected chi connectivity index (χ4v) is 2.12. The summed E-state index contributed by atoms with van der Waals surface area (Å²) in [6.45, 7) is 0. The third-order valence-electron chi connectivity index (χ3n) is 2.88. The quantitative estimate of drug-likeness (QED) is 0.694. The summed E-state index contributed by atoms with van der Waals surface area (Å²) in [5.74, 6) is 0. The van der Waals surface area contributed by atoms with E-state index in [0.717, 1.165) is 27.6 Å². The monoisotopic (exact) mass is 227 g/mol. The van der Waals surface area contributed by atoms with E-state index < -0.39 is 0 Å². The number of nitrogens with two attached hydrogens (primary N) is 1. The highest BCUT2D eigenvalue weighted by molar-refractivity contribution is 6.10. The second-order valence-corrected chi connectivity index (χ2v) is 4.23. The molecular weight excluding hydrogens is 214 g/mol. The van der Waals surface area contributed by atoms with Crippen LogP contribution in [0.5, 0.6) is 0 Å². The Labute approximate surface area is 98.6 Å². The Morgan fingerprint density at radius 2 is 1.88 bits per heavy atom. The molecule has 3 aromatic rings. The van der Waals surface area contributed by atoms with Gasteiger partial charge in [0.05, 0.1) is 0 Å². The van der Waals surface area contributed by atoms with Crippen LogP contribution in [-0.2, 0) is 0 Å². The minimum Gasteiger partial charge on any atom is -0.424 e. The lowest BCUT2D eigenvalue weighted by Gasteiger charge is -2.15. The molecule has 0 spiro atoms. The Hall–Kier alpha value is -2.23. The molecule has 17 heavy (non-hydrogen) atoms. The van der Waals surface area contributed by atoms with Crippen LogP contribution in [-0.4, -0.2) is 19.1 Å². The third kappa shape index (κ3) is 1.41. The number of hydrogen-bond donors (Lipinski definition) is 1. The van der Waals surface area contributed by atoms with Crippen LogP contribution in [0.3, 0.4) is 0 Å². The van der Waals surface area contributed by atoms with Crippen molar-refractivity contribution in [3.63, 3.8) is 0 Å². The van der Waals surface area contributed by atoms with Gasteiger partial charge in [0.2, 0.25) is 0 Å². The van der Waals surface area contributed by atoms with Crippen molar-refractivity contribution in [2.24, 2.45) is 0 Å². The minimum absolute atomic E-state index is 0.209. The number of nitrogens with zero attached hydrogens (tertiary/aromatic N) is 2. The summed E-state index contributed by atoms with van der Waals surface area (Å²) in [4.78, 5) is 6.29. The number of benzene rings is 2. The first-order valence-electron chi connectivity index (χ1n) is 5.42. The van der Waals surface area contributed by atoms with Gasteiger partial charge in [0.1, 0.15) is 5.52 Å². The molecule has 0 fully saturated rings. The number of oxazole rings is 1. The van der Waals surface area contributed by atoms with Gasteiger partial charge in [-0.05, 0) is 0 Å². The Morgan fingerprint density at radius 1 is 1.18 bits per heavy atom. The smallest absolute Gasteiger partial charge is 0.293 e. The zero-order valence-electron chi connectivity index (χ0n) is 9.77. The molecule has 0 amide bonds. The van der Waals surface area contributed by atoms with Gasteiger partial charge in [0, 0.05) is 36.6 Å². The number of aromatic nitrogens is 1. The number of nitrogen functional groups attached to an aromatic ring is 1. The van der Waals surface area contributed by atoms with E-state index in [4.69, 9.17) is 10.2 Å². The van der Waals surface area contributed by atoms with E-state index in [9.17, 15) is 0 Å². The van der Waals surface area contributed by atoms with Crippen molar-refractivity contribution in [2.45, 2.75) is 0 Å². The van der Waals surface area contributed by atoms with Gasteiger partial charge in [-0.1, -0.05) is 24.3 Å². The van der Waals surface area contributed by atoms with Gasteiger partial charge in [-0.15, -0.1) is 0 Å². The fourth-order valence-electron chi connectivity index (χ4n) is 2.12. The summed E-state index contributed by atoms with van der Waals surface area (Å²) in [6.07, 6.45) is 0. The highest BCUT2D eigenvalue weighted by Crippen LogP contribution is 2.33. The second-order valence-electron chi connectivity index (χ2n) is 4.23. The standard InChI is InChI=1S/C13H13N3O/c1-16(2)10-7-11-12(15-13(14)17-11)9-6-4-3-5-8(9)10/h3-7H,1-2H3,(H2,14,15). The Bertz CT molecular complexity index is 700. The van der Waals surface area contributed by atoms with Crippen LogP contribution >= 0.6 is 0 Å². The van der Waals surface area contributed by atoms with Crippen LogP contribution in [0.25, 0.3) is 21.9 Å². The molecule has 0 saturated heterocycles. The van der Waals surface area contributed by atoms with E-state index in [1.54, 1.807) is 0 Å². The van der Waals surface area contributed by atoms with Crippen molar-refractivity contribution < 1.29 is 4.42 Å². The predicted octanol–water partition coefficient (Wildman–Crippen LogP) is 2.63. The maximum Gasteiger partial charge on any atom is 0.293 e. The van der Waals surface area contributed by atoms with E-state index in [1.807, 2.05) is 38.4 Å². The van der Waals surface area contributed by atoms with Crippen LogP contribution in [0.15, 0.2) is 34.7 Å². The van der Waals surface area contributed by atoms with Gasteiger partial charge >= 0.3 is 0 Å². The zero-order chi connectivity index (χ0) is 12.0. The normalized spacial score (nSPS) is 11.2. The highest BCUT2D eigenvalue weighted by atomic mass is 16.4. The third-order valence-corrected chi connectivity index (χ3v) is 2.88. The van der Waals surface area contributed by atoms with E-state index >= 15 is 0 Å². The molecule has 3 rings (SSSR count). The Morgan fingerprint density at radius 3 is 2.59 bits per heavy atom. The number of hydrogen-bond acceptors (Lipinski definition) is 4. The van der Waals surface area contributed by atoms with Gasteiger partial charge in [0.15, 0.2) is 5.58 Å². The first kappa shape index (κ1) is 9.96. The van der Waals surface area contributed by atoms with Crippen LogP contribution in [0.1, 0.15) is 0 Å². The summed E-state index contributed by atoms with van der Waals surface area (Å²) >= 11 is 0. The molecule has 4 heteroatoms. The van der Waals surface area contributed by atoms with E-state index in [0.29, 0.717) is 0 Å². The van der Waals surface area contributed by atoms with Crippen molar-refractivity contribution in [2.75, 3.05) is 24.7 Å². The summed E-state index contributed by atoms with van der Waals surface area (Å²) in [5, 5.41) is 2.22. The summed E-state index contributed by atoms with van der Waals surface area (Å²) < 4.78 is 5.41. The average molecular weight is 227 g/mol. The van der Waals surface area contributed by atoms with Gasteiger partial charge in [-0.3, -0.25) is 0 Å². The fraction of sp³-hybridized carbons (Fsp3) is 0.154. The van der Waals surface area contributed by atoms with Crippen molar-refractivity contribution >= 4 is 33.6 Å². The molecule has 0 radical (unpaired) electrons. The van der Waals surface area contributed by atoms with Crippen LogP contribution in [0.2, 0.25) is 0 Å². The molecule has 0 atom stereocenters. The summed E-state index contributed by atoms with van der Waals surface area (Å²) in [6, 6.07) is 10.3. The van der Waals surface area contributed by atoms with Crippen molar-refractivity contribution in [3.05, 3.63) is 30.3 Å². The zero-order valence-corrected chi connectivity index (χ0v) is 9.77. The van der Waals surface area contributed by atoms with Crippen LogP contribution < -0.4 is 10.6 Å². The molecule has 0 aliphatic rings. The maximum absolute atomic E-state index is 5.62. The molecule has 1 heterocycles. The van der Waals surface area contributed by atoms with E-state index in [1.165, 1.54) is 0 Å². The molecule has 4 nitrogen and oxygen atoms in total. The lowest BCUT2D eigenvalue weighted by molar-refractivity contribution is 0.626. The first-order chi connectivity index (χ1) is 8.16. The van der Waals surface area contributed by atoms with Gasteiger partial charge in [-0.2, -0.15) is 4.98 Å². The summed E-state index contributed by atoms with van der Waals surface area (Å²) in [5.41, 5.74) is 8.27. The largest absolute Gasteiger partial charge is 0.424 e. The molecule has 0 unspecified atom stereocenters. The molecule has 0 bridgehead atoms. The SMILES string of the molecule is CN(C)c1cc2oc(N)nc2c2ccccc12. The van der Waals surface area contributed by atoms with Crippen LogP contribution in [0, 0.1) is 0 Å². The Balaban J connectivity index is 2.53. The molecule has 1 aromatic heterocycles. The van der Waals surface area contributed by atoms with Gasteiger partial charge < -0.3 is 15.1 Å². The van der Waals surface area contributed by atoms with Crippen LogP contribution in [0.4, 0.5) is 11.7 Å². The topological polar surface area (TPSA) is 55.3 Å². The molecule has 2 aromatic carbocycles. The molecular formula is C13H13N3O. The molecule has 2 N–H and O–H groups in total. The highest BCUT2D eigenvalue weighted by Gasteiger charge is 2.12. The van der Waals surface area contributed by atoms with E-state index in [2.05, 4.69) is 16.0 Å². The van der Waals surface area contributed by atoms with Crippen molar-refractivity contribution in [1.29, 1.82) is 0 Å². The predicted molar refractivity (Wildman–Crippen MR) is 70.3 cm³/mol. The average Bonchev–Trinajstić information content (AvgIpc) is 2.68. The van der Waals surface area contributed by atoms with Gasteiger partial charge in [0.25, 0.3) is 6.01 Å². The lowest BCUT2D eigenvalue weighted by Crippen LogP contribution is -2.08. The number of rotatable bonds is 1. The Kier molecular flexibility index (Phi) is 1.98. The maximum atomic E-state index is 5.62.